The molecule has 0 fully saturated rings. The van der Waals surface area contributed by atoms with Crippen molar-refractivity contribution < 1.29 is 15.0 Å². The van der Waals surface area contributed by atoms with Crippen LogP contribution < -0.4 is 4.90 Å². The Labute approximate surface area is 139 Å². The Morgan fingerprint density at radius 1 is 0.818 bits per heavy atom. The lowest BCUT2D eigenvalue weighted by Gasteiger charge is -2.08. The minimum atomic E-state index is 0. The van der Waals surface area contributed by atoms with Crippen LogP contribution >= 0.6 is 0 Å². The fourth-order valence-corrected chi connectivity index (χ4v) is 3.41. The van der Waals surface area contributed by atoms with Gasteiger partial charge in [-0.3, -0.25) is 0 Å². The lowest BCUT2D eigenvalue weighted by molar-refractivity contribution is -0.802. The first-order chi connectivity index (χ1) is 10.3. The number of hydrogen-bond acceptors (Lipinski definition) is 1. The van der Waals surface area contributed by atoms with Crippen LogP contribution in [0.1, 0.15) is 90.9 Å². The molecule has 0 aromatic rings. The van der Waals surface area contributed by atoms with E-state index in [1.807, 2.05) is 0 Å². The lowest BCUT2D eigenvalue weighted by atomic mass is 10.1. The maximum Gasteiger partial charge on any atom is 0.333 e. The molecule has 0 saturated carbocycles. The molecule has 1 rings (SSSR count). The van der Waals surface area contributed by atoms with Crippen molar-refractivity contribution in [1.29, 1.82) is 0 Å². The van der Waals surface area contributed by atoms with Gasteiger partial charge >= 0.3 is 5.84 Å². The van der Waals surface area contributed by atoms with Crippen molar-refractivity contribution in [2.45, 2.75) is 90.9 Å². The predicted molar refractivity (Wildman–Crippen MR) is 95.4 cm³/mol. The third kappa shape index (κ3) is 9.58. The van der Waals surface area contributed by atoms with Crippen molar-refractivity contribution in [1.82, 2.24) is 0 Å². The highest BCUT2D eigenvalue weighted by molar-refractivity contribution is 5.65. The van der Waals surface area contributed by atoms with Gasteiger partial charge in [0.1, 0.15) is 13.6 Å². The minimum absolute atomic E-state index is 0. The summed E-state index contributed by atoms with van der Waals surface area (Å²) in [4.78, 5) is 1.73. The summed E-state index contributed by atoms with van der Waals surface area (Å²) in [6.07, 6.45) is 17.4. The van der Waals surface area contributed by atoms with E-state index in [-0.39, 0.29) is 5.48 Å². The summed E-state index contributed by atoms with van der Waals surface area (Å²) in [6, 6.07) is 0. The van der Waals surface area contributed by atoms with Crippen molar-refractivity contribution >= 4 is 5.84 Å². The SMILES string of the molecule is CCCCCCCCCCCCCC[NH+]1CC[N+](C)=C1C.[OH-]. The van der Waals surface area contributed by atoms with Crippen molar-refractivity contribution in [3.05, 3.63) is 0 Å². The Bertz CT molecular complexity index is 289. The molecule has 0 radical (unpaired) electrons. The summed E-state index contributed by atoms with van der Waals surface area (Å²) in [5.74, 6) is 1.55. The van der Waals surface area contributed by atoms with Crippen molar-refractivity contribution in [3.63, 3.8) is 0 Å². The van der Waals surface area contributed by atoms with Gasteiger partial charge in [-0.2, -0.15) is 4.58 Å². The van der Waals surface area contributed by atoms with Crippen LogP contribution in [-0.2, 0) is 0 Å². The first-order valence-corrected chi connectivity index (χ1v) is 9.65. The molecular weight excluding hydrogens is 272 g/mol. The topological polar surface area (TPSA) is 37.5 Å². The van der Waals surface area contributed by atoms with Gasteiger partial charge in [-0.05, 0) is 12.8 Å². The second kappa shape index (κ2) is 14.2. The van der Waals surface area contributed by atoms with E-state index in [2.05, 4.69) is 25.5 Å². The highest BCUT2D eigenvalue weighted by Gasteiger charge is 2.27. The number of unbranched alkanes of at least 4 members (excludes halogenated alkanes) is 11. The zero-order valence-corrected chi connectivity index (χ0v) is 15.5. The minimum Gasteiger partial charge on any atom is -0.870 e. The van der Waals surface area contributed by atoms with Gasteiger partial charge in [0, 0.05) is 0 Å². The van der Waals surface area contributed by atoms with Crippen LogP contribution in [0.4, 0.5) is 0 Å². The normalized spacial score (nSPS) is 17.9. The smallest absolute Gasteiger partial charge is 0.333 e. The van der Waals surface area contributed by atoms with Gasteiger partial charge < -0.3 is 5.48 Å². The molecule has 1 unspecified atom stereocenters. The van der Waals surface area contributed by atoms with E-state index in [0.717, 1.165) is 0 Å². The van der Waals surface area contributed by atoms with E-state index in [1.54, 1.807) is 10.7 Å². The second-order valence-corrected chi connectivity index (χ2v) is 7.00. The van der Waals surface area contributed by atoms with Gasteiger partial charge in [0.25, 0.3) is 0 Å². The molecule has 1 aliphatic heterocycles. The van der Waals surface area contributed by atoms with E-state index in [4.69, 9.17) is 0 Å². The molecule has 1 aliphatic rings. The maximum atomic E-state index is 2.41. The summed E-state index contributed by atoms with van der Waals surface area (Å²) < 4.78 is 2.41. The Kier molecular flexibility index (Phi) is 13.9. The van der Waals surface area contributed by atoms with Crippen molar-refractivity contribution in [2.24, 2.45) is 0 Å². The zero-order chi connectivity index (χ0) is 15.3. The molecule has 0 spiro atoms. The van der Waals surface area contributed by atoms with Gasteiger partial charge in [-0.1, -0.05) is 71.1 Å². The highest BCUT2D eigenvalue weighted by Crippen LogP contribution is 2.11. The van der Waals surface area contributed by atoms with Gasteiger partial charge in [0.05, 0.1) is 13.5 Å². The largest absolute Gasteiger partial charge is 0.870 e. The van der Waals surface area contributed by atoms with E-state index in [1.165, 1.54) is 96.7 Å². The van der Waals surface area contributed by atoms with Crippen LogP contribution in [0, 0.1) is 0 Å². The summed E-state index contributed by atoms with van der Waals surface area (Å²) in [5, 5.41) is 0. The highest BCUT2D eigenvalue weighted by atomic mass is 16.0. The number of nitrogens with one attached hydrogen (secondary N) is 1. The molecular formula is C19H41N2O+. The first-order valence-electron chi connectivity index (χ1n) is 9.65. The molecule has 3 heteroatoms. The zero-order valence-electron chi connectivity index (χ0n) is 15.5. The fraction of sp³-hybridized carbons (Fsp3) is 0.947. The first kappa shape index (κ1) is 21.6. The van der Waals surface area contributed by atoms with Crippen LogP contribution in [0.15, 0.2) is 0 Å². The number of hydrogen-bond donors (Lipinski definition) is 1. The molecule has 0 aliphatic carbocycles. The van der Waals surface area contributed by atoms with E-state index in [9.17, 15) is 0 Å². The summed E-state index contributed by atoms with van der Waals surface area (Å²) in [6.45, 7) is 8.51. The van der Waals surface area contributed by atoms with E-state index >= 15 is 0 Å². The molecule has 3 nitrogen and oxygen atoms in total. The van der Waals surface area contributed by atoms with Crippen LogP contribution in [0.2, 0.25) is 0 Å². The average molecular weight is 314 g/mol. The molecule has 2 N–H and O–H groups in total. The van der Waals surface area contributed by atoms with Crippen LogP contribution in [-0.4, -0.2) is 42.6 Å². The molecule has 0 amide bonds. The third-order valence-electron chi connectivity index (χ3n) is 5.17. The molecule has 22 heavy (non-hydrogen) atoms. The van der Waals surface area contributed by atoms with E-state index in [0.29, 0.717) is 0 Å². The predicted octanol–water partition coefficient (Wildman–Crippen LogP) is 3.47. The van der Waals surface area contributed by atoms with Gasteiger partial charge in [-0.15, -0.1) is 0 Å². The third-order valence-corrected chi connectivity index (χ3v) is 5.17. The van der Waals surface area contributed by atoms with Crippen LogP contribution in [0.5, 0.6) is 0 Å². The quantitative estimate of drug-likeness (QED) is 0.410. The Morgan fingerprint density at radius 3 is 1.68 bits per heavy atom. The number of rotatable bonds is 13. The Morgan fingerprint density at radius 2 is 1.27 bits per heavy atom. The van der Waals surface area contributed by atoms with Gasteiger partial charge in [0.15, 0.2) is 6.54 Å². The second-order valence-electron chi connectivity index (χ2n) is 7.00. The number of quaternary nitrogens is 1. The van der Waals surface area contributed by atoms with Gasteiger partial charge in [0.2, 0.25) is 0 Å². The average Bonchev–Trinajstić information content (AvgIpc) is 2.80. The summed E-state index contributed by atoms with van der Waals surface area (Å²) >= 11 is 0. The Hall–Kier alpha value is -0.410. The van der Waals surface area contributed by atoms with Crippen molar-refractivity contribution in [2.75, 3.05) is 26.7 Å². The van der Waals surface area contributed by atoms with Crippen molar-refractivity contribution in [3.8, 4) is 0 Å². The van der Waals surface area contributed by atoms with Gasteiger partial charge in [-0.25, -0.2) is 4.90 Å². The fourth-order valence-electron chi connectivity index (χ4n) is 3.41. The summed E-state index contributed by atoms with van der Waals surface area (Å²) in [7, 11) is 2.23. The number of amidine groups is 1. The molecule has 0 aromatic carbocycles. The molecule has 1 atom stereocenters. The van der Waals surface area contributed by atoms with Crippen LogP contribution in [0.3, 0.4) is 0 Å². The monoisotopic (exact) mass is 313 g/mol. The van der Waals surface area contributed by atoms with Crippen LogP contribution in [0.25, 0.3) is 0 Å². The molecule has 0 bridgehead atoms. The number of nitrogens with zero attached hydrogens (tertiary/aromatic N) is 1. The lowest BCUT2D eigenvalue weighted by Crippen LogP contribution is -3.13. The van der Waals surface area contributed by atoms with E-state index < -0.39 is 0 Å². The molecule has 1 heterocycles. The molecule has 0 saturated heterocycles. The number of likely N-dealkylation sites (N-methyl/N-ethyl adjacent to an activating group) is 1. The molecule has 0 aromatic heterocycles. The molecule has 132 valence electrons. The maximum absolute atomic E-state index is 2.41. The summed E-state index contributed by atoms with van der Waals surface area (Å²) in [5.41, 5.74) is 0. The standard InChI is InChI=1S/C19H39N2.H2O/c1-4-5-6-7-8-9-10-11-12-13-14-15-16-21-18-17-20(3)19(21)2;/h4-18H2,1-3H3;1H2/q+1;. The Balaban J connectivity index is 0.00000441.